The molecule has 2 heteroatoms. The molecule has 0 spiro atoms. The molecule has 0 aliphatic rings. The standard InChI is InChI=1S/C9H9NS/c1-4-6-9-8(5-2)10-7(3)11-9/h2,4,6H,1,3H3/b6-4-. The lowest BCUT2D eigenvalue weighted by atomic mass is 10.3. The van der Waals surface area contributed by atoms with Gasteiger partial charge in [0.15, 0.2) is 0 Å². The topological polar surface area (TPSA) is 12.9 Å². The molecule has 11 heavy (non-hydrogen) atoms. The lowest BCUT2D eigenvalue weighted by molar-refractivity contribution is 1.27. The molecule has 1 rings (SSSR count). The van der Waals surface area contributed by atoms with Crippen molar-refractivity contribution in [3.05, 3.63) is 21.7 Å². The molecule has 0 aliphatic heterocycles. The fraction of sp³-hybridized carbons (Fsp3) is 0.222. The van der Waals surface area contributed by atoms with Gasteiger partial charge < -0.3 is 0 Å². The van der Waals surface area contributed by atoms with Crippen molar-refractivity contribution >= 4 is 17.4 Å². The van der Waals surface area contributed by atoms with Crippen molar-refractivity contribution in [3.63, 3.8) is 0 Å². The molecule has 0 aliphatic carbocycles. The number of aromatic nitrogens is 1. The van der Waals surface area contributed by atoms with Gasteiger partial charge in [0.05, 0.1) is 9.88 Å². The highest BCUT2D eigenvalue weighted by Gasteiger charge is 2.01. The number of rotatable bonds is 1. The minimum atomic E-state index is 0.755. The van der Waals surface area contributed by atoms with Gasteiger partial charge in [0.25, 0.3) is 0 Å². The first-order valence-electron chi connectivity index (χ1n) is 3.34. The smallest absolute Gasteiger partial charge is 0.131 e. The van der Waals surface area contributed by atoms with Crippen LogP contribution in [0.4, 0.5) is 0 Å². The molecule has 0 saturated heterocycles. The van der Waals surface area contributed by atoms with Crippen molar-refractivity contribution in [2.45, 2.75) is 13.8 Å². The molecule has 1 heterocycles. The molecule has 0 bridgehead atoms. The molecule has 0 radical (unpaired) electrons. The molecule has 1 aromatic rings. The summed E-state index contributed by atoms with van der Waals surface area (Å²) in [5.41, 5.74) is 0.755. The molecule has 56 valence electrons. The highest BCUT2D eigenvalue weighted by molar-refractivity contribution is 7.12. The van der Waals surface area contributed by atoms with Gasteiger partial charge in [-0.05, 0) is 25.8 Å². The maximum absolute atomic E-state index is 5.25. The van der Waals surface area contributed by atoms with Crippen LogP contribution in [-0.2, 0) is 0 Å². The Morgan fingerprint density at radius 3 is 2.91 bits per heavy atom. The van der Waals surface area contributed by atoms with E-state index in [1.807, 2.05) is 26.0 Å². The molecule has 0 atom stereocenters. The lowest BCUT2D eigenvalue weighted by Crippen LogP contribution is -1.75. The molecule has 0 N–H and O–H groups in total. The summed E-state index contributed by atoms with van der Waals surface area (Å²) >= 11 is 1.62. The summed E-state index contributed by atoms with van der Waals surface area (Å²) in [5.74, 6) is 2.55. The van der Waals surface area contributed by atoms with E-state index in [1.54, 1.807) is 11.3 Å². The van der Waals surface area contributed by atoms with Gasteiger partial charge in [0, 0.05) is 0 Å². The molecule has 0 unspecified atom stereocenters. The predicted molar refractivity (Wildman–Crippen MR) is 49.5 cm³/mol. The second-order valence-electron chi connectivity index (χ2n) is 2.09. The Hall–Kier alpha value is -1.07. The van der Waals surface area contributed by atoms with Gasteiger partial charge in [-0.3, -0.25) is 0 Å². The quantitative estimate of drug-likeness (QED) is 0.579. The van der Waals surface area contributed by atoms with Crippen LogP contribution < -0.4 is 0 Å². The number of allylic oxidation sites excluding steroid dienone is 1. The molecule has 0 aromatic carbocycles. The summed E-state index contributed by atoms with van der Waals surface area (Å²) in [6.45, 7) is 3.92. The lowest BCUT2D eigenvalue weighted by Gasteiger charge is -1.82. The number of aryl methyl sites for hydroxylation is 1. The zero-order valence-electron chi connectivity index (χ0n) is 6.59. The Kier molecular flexibility index (Phi) is 2.45. The van der Waals surface area contributed by atoms with Gasteiger partial charge in [-0.1, -0.05) is 6.08 Å². The fourth-order valence-corrected chi connectivity index (χ4v) is 1.67. The average Bonchev–Trinajstić information content (AvgIpc) is 2.32. The van der Waals surface area contributed by atoms with Gasteiger partial charge in [-0.15, -0.1) is 17.8 Å². The third kappa shape index (κ3) is 1.69. The molecule has 0 amide bonds. The van der Waals surface area contributed by atoms with Crippen molar-refractivity contribution < 1.29 is 0 Å². The summed E-state index contributed by atoms with van der Waals surface area (Å²) in [4.78, 5) is 5.26. The summed E-state index contributed by atoms with van der Waals surface area (Å²) in [7, 11) is 0. The fourth-order valence-electron chi connectivity index (χ4n) is 0.811. The van der Waals surface area contributed by atoms with Gasteiger partial charge in [-0.2, -0.15) is 0 Å². The van der Waals surface area contributed by atoms with E-state index < -0.39 is 0 Å². The van der Waals surface area contributed by atoms with Gasteiger partial charge in [0.1, 0.15) is 5.69 Å². The van der Waals surface area contributed by atoms with E-state index in [-0.39, 0.29) is 0 Å². The summed E-state index contributed by atoms with van der Waals surface area (Å²) < 4.78 is 0. The van der Waals surface area contributed by atoms with Crippen LogP contribution in [0.25, 0.3) is 6.08 Å². The monoisotopic (exact) mass is 163 g/mol. The first-order chi connectivity index (χ1) is 5.27. The highest BCUT2D eigenvalue weighted by atomic mass is 32.1. The summed E-state index contributed by atoms with van der Waals surface area (Å²) in [6, 6.07) is 0. The Morgan fingerprint density at radius 1 is 1.64 bits per heavy atom. The van der Waals surface area contributed by atoms with E-state index >= 15 is 0 Å². The zero-order chi connectivity index (χ0) is 8.27. The predicted octanol–water partition coefficient (Wildman–Crippen LogP) is 2.47. The maximum atomic E-state index is 5.25. The van der Waals surface area contributed by atoms with Crippen LogP contribution in [0.15, 0.2) is 6.08 Å². The molecule has 0 fully saturated rings. The van der Waals surface area contributed by atoms with Crippen LogP contribution in [0.2, 0.25) is 0 Å². The Balaban J connectivity index is 3.14. The van der Waals surface area contributed by atoms with E-state index in [2.05, 4.69) is 10.9 Å². The normalized spacial score (nSPS) is 10.3. The SMILES string of the molecule is C#Cc1nc(C)sc1/C=C\C. The molecular weight excluding hydrogens is 154 g/mol. The Labute approximate surface area is 70.8 Å². The first kappa shape index (κ1) is 8.03. The number of terminal acetylenes is 1. The van der Waals surface area contributed by atoms with Gasteiger partial charge in [0.2, 0.25) is 0 Å². The van der Waals surface area contributed by atoms with E-state index in [4.69, 9.17) is 6.42 Å². The molecule has 0 saturated carbocycles. The van der Waals surface area contributed by atoms with Crippen molar-refractivity contribution in [2.24, 2.45) is 0 Å². The highest BCUT2D eigenvalue weighted by Crippen LogP contribution is 2.18. The third-order valence-electron chi connectivity index (χ3n) is 1.22. The molecule has 1 nitrogen and oxygen atoms in total. The largest absolute Gasteiger partial charge is 0.232 e. The number of hydrogen-bond donors (Lipinski definition) is 0. The van der Waals surface area contributed by atoms with E-state index in [1.165, 1.54) is 0 Å². The van der Waals surface area contributed by atoms with Crippen molar-refractivity contribution in [3.8, 4) is 12.3 Å². The minimum Gasteiger partial charge on any atom is -0.232 e. The molecule has 1 aromatic heterocycles. The van der Waals surface area contributed by atoms with Crippen molar-refractivity contribution in [1.82, 2.24) is 4.98 Å². The van der Waals surface area contributed by atoms with Crippen LogP contribution >= 0.6 is 11.3 Å². The van der Waals surface area contributed by atoms with Gasteiger partial charge >= 0.3 is 0 Å². The minimum absolute atomic E-state index is 0.755. The van der Waals surface area contributed by atoms with Crippen LogP contribution in [0.1, 0.15) is 22.5 Å². The third-order valence-corrected chi connectivity index (χ3v) is 2.15. The maximum Gasteiger partial charge on any atom is 0.131 e. The van der Waals surface area contributed by atoms with E-state index in [9.17, 15) is 0 Å². The van der Waals surface area contributed by atoms with Crippen LogP contribution in [-0.4, -0.2) is 4.98 Å². The Bertz CT molecular complexity index is 315. The number of thiazole rings is 1. The summed E-state index contributed by atoms with van der Waals surface area (Å²) in [6.07, 6.45) is 9.21. The van der Waals surface area contributed by atoms with Crippen molar-refractivity contribution in [2.75, 3.05) is 0 Å². The molecular formula is C9H9NS. The second-order valence-corrected chi connectivity index (χ2v) is 3.32. The van der Waals surface area contributed by atoms with Crippen LogP contribution in [0.3, 0.4) is 0 Å². The van der Waals surface area contributed by atoms with Gasteiger partial charge in [-0.25, -0.2) is 4.98 Å². The second kappa shape index (κ2) is 3.36. The first-order valence-corrected chi connectivity index (χ1v) is 4.16. The number of hydrogen-bond acceptors (Lipinski definition) is 2. The van der Waals surface area contributed by atoms with E-state index in [0.29, 0.717) is 0 Å². The van der Waals surface area contributed by atoms with Crippen molar-refractivity contribution in [1.29, 1.82) is 0 Å². The zero-order valence-corrected chi connectivity index (χ0v) is 7.40. The van der Waals surface area contributed by atoms with Crippen LogP contribution in [0.5, 0.6) is 0 Å². The average molecular weight is 163 g/mol. The van der Waals surface area contributed by atoms with E-state index in [0.717, 1.165) is 15.6 Å². The Morgan fingerprint density at radius 2 is 2.36 bits per heavy atom. The summed E-state index contributed by atoms with van der Waals surface area (Å²) in [5, 5.41) is 1.02. The number of nitrogens with zero attached hydrogens (tertiary/aromatic N) is 1. The van der Waals surface area contributed by atoms with Crippen LogP contribution in [0, 0.1) is 19.3 Å².